The summed E-state index contributed by atoms with van der Waals surface area (Å²) in [6.07, 6.45) is 2.71. The molecule has 0 saturated heterocycles. The second-order valence-electron chi connectivity index (χ2n) is 5.63. The normalized spacial score (nSPS) is 11.5. The van der Waals surface area contributed by atoms with Gasteiger partial charge in [-0.05, 0) is 30.0 Å². The molecule has 0 aliphatic rings. The predicted molar refractivity (Wildman–Crippen MR) is 101 cm³/mol. The second kappa shape index (κ2) is 8.77. The minimum Gasteiger partial charge on any atom is -0.496 e. The number of alkyl halides is 2. The first kappa shape index (κ1) is 20.4. The van der Waals surface area contributed by atoms with Crippen molar-refractivity contribution < 1.29 is 18.4 Å². The average Bonchev–Trinajstić information content (AvgIpc) is 3.33. The molecule has 0 spiro atoms. The van der Waals surface area contributed by atoms with Gasteiger partial charge in [0.25, 0.3) is 6.43 Å². The van der Waals surface area contributed by atoms with E-state index in [9.17, 15) is 18.9 Å². The van der Waals surface area contributed by atoms with Crippen molar-refractivity contribution in [3.8, 4) is 5.75 Å². The second-order valence-corrected chi connectivity index (χ2v) is 6.40. The van der Waals surface area contributed by atoms with Gasteiger partial charge in [-0.3, -0.25) is 14.8 Å². The molecule has 3 rings (SSSR count). The molecule has 0 aliphatic heterocycles. The monoisotopic (exact) mass is 423 g/mol. The molecule has 2 heterocycles. The topological polar surface area (TPSA) is 113 Å². The summed E-state index contributed by atoms with van der Waals surface area (Å²) in [5.74, 6) is -0.00846. The molecule has 10 nitrogen and oxygen atoms in total. The van der Waals surface area contributed by atoms with Crippen LogP contribution in [0.15, 0.2) is 40.9 Å². The molecule has 0 atom stereocenters. The fourth-order valence-electron chi connectivity index (χ4n) is 2.48. The maximum Gasteiger partial charge on any atom is 0.307 e. The Labute approximate surface area is 167 Å². The van der Waals surface area contributed by atoms with Crippen molar-refractivity contribution in [3.05, 3.63) is 57.7 Å². The van der Waals surface area contributed by atoms with Gasteiger partial charge in [-0.2, -0.15) is 14.9 Å². The zero-order chi connectivity index (χ0) is 21.0. The van der Waals surface area contributed by atoms with E-state index in [1.807, 2.05) is 0 Å². The summed E-state index contributed by atoms with van der Waals surface area (Å²) in [5.41, 5.74) is 1.15. The Kier molecular flexibility index (Phi) is 6.16. The number of benzene rings is 1. The Balaban J connectivity index is 1.89. The van der Waals surface area contributed by atoms with Crippen molar-refractivity contribution in [1.82, 2.24) is 24.7 Å². The minimum atomic E-state index is -2.82. The van der Waals surface area contributed by atoms with Gasteiger partial charge in [0, 0.05) is 5.56 Å². The van der Waals surface area contributed by atoms with Gasteiger partial charge in [0.05, 0.1) is 24.8 Å². The lowest BCUT2D eigenvalue weighted by Gasteiger charge is -2.09. The summed E-state index contributed by atoms with van der Waals surface area (Å²) >= 11 is 1.14. The van der Waals surface area contributed by atoms with Crippen molar-refractivity contribution >= 4 is 23.7 Å². The van der Waals surface area contributed by atoms with Gasteiger partial charge >= 0.3 is 5.69 Å². The zero-order valence-corrected chi connectivity index (χ0v) is 16.1. The van der Waals surface area contributed by atoms with Gasteiger partial charge < -0.3 is 4.74 Å². The first-order valence-electron chi connectivity index (χ1n) is 8.08. The third kappa shape index (κ3) is 4.56. The van der Waals surface area contributed by atoms with Crippen LogP contribution in [0.25, 0.3) is 0 Å². The quantitative estimate of drug-likeness (QED) is 0.237. The number of methoxy groups -OCH3 is 1. The standard InChI is InChI=1S/C16H15F2N7O3S/c1-28-13-4-3-10(5-11(13)8-23-9-12(7-19-23)25(26)27)6-20-24-15(14(17)18)21-22-16(24)29-2/h3-7,9,14H,8H2,1-2H3/b20-6-. The highest BCUT2D eigenvalue weighted by atomic mass is 32.2. The van der Waals surface area contributed by atoms with E-state index in [1.165, 1.54) is 24.2 Å². The van der Waals surface area contributed by atoms with Crippen LogP contribution in [0, 0.1) is 10.1 Å². The number of nitrogens with zero attached hydrogens (tertiary/aromatic N) is 7. The molecule has 0 unspecified atom stereocenters. The fraction of sp³-hybridized carbons (Fsp3) is 0.250. The zero-order valence-electron chi connectivity index (χ0n) is 15.3. The number of aromatic nitrogens is 5. The SMILES string of the molecule is COc1ccc(/C=N\n2c(SC)nnc2C(F)F)cc1Cn1cc([N+](=O)[O-])cn1. The molecular weight excluding hydrogens is 408 g/mol. The lowest BCUT2D eigenvalue weighted by atomic mass is 10.1. The van der Waals surface area contributed by atoms with E-state index in [2.05, 4.69) is 20.4 Å². The van der Waals surface area contributed by atoms with E-state index in [0.29, 0.717) is 16.9 Å². The highest BCUT2D eigenvalue weighted by Gasteiger charge is 2.19. The molecule has 1 aromatic carbocycles. The predicted octanol–water partition coefficient (Wildman–Crippen LogP) is 2.98. The molecule has 0 amide bonds. The number of nitro groups is 1. The van der Waals surface area contributed by atoms with Crippen molar-refractivity contribution in [2.75, 3.05) is 13.4 Å². The van der Waals surface area contributed by atoms with Crippen LogP contribution in [-0.4, -0.2) is 49.2 Å². The van der Waals surface area contributed by atoms with Crippen molar-refractivity contribution in [3.63, 3.8) is 0 Å². The molecule has 0 fully saturated rings. The van der Waals surface area contributed by atoms with Crippen LogP contribution >= 0.6 is 11.8 Å². The summed E-state index contributed by atoms with van der Waals surface area (Å²) in [5, 5.41) is 26.2. The number of hydrogen-bond acceptors (Lipinski definition) is 8. The molecular formula is C16H15F2N7O3S. The highest BCUT2D eigenvalue weighted by molar-refractivity contribution is 7.98. The Morgan fingerprint density at radius 1 is 1.41 bits per heavy atom. The van der Waals surface area contributed by atoms with Crippen molar-refractivity contribution in [1.29, 1.82) is 0 Å². The van der Waals surface area contributed by atoms with Crippen LogP contribution in [0.4, 0.5) is 14.5 Å². The summed E-state index contributed by atoms with van der Waals surface area (Å²) in [7, 11) is 1.49. The molecule has 0 radical (unpaired) electrons. The van der Waals surface area contributed by atoms with Crippen LogP contribution in [0.1, 0.15) is 23.4 Å². The number of ether oxygens (including phenoxy) is 1. The highest BCUT2D eigenvalue weighted by Crippen LogP contribution is 2.23. The van der Waals surface area contributed by atoms with E-state index < -0.39 is 17.2 Å². The Bertz CT molecular complexity index is 1050. The molecule has 152 valence electrons. The van der Waals surface area contributed by atoms with Crippen LogP contribution in [-0.2, 0) is 6.54 Å². The van der Waals surface area contributed by atoms with E-state index in [-0.39, 0.29) is 17.4 Å². The molecule has 0 bridgehead atoms. The van der Waals surface area contributed by atoms with E-state index in [4.69, 9.17) is 4.74 Å². The molecule has 29 heavy (non-hydrogen) atoms. The minimum absolute atomic E-state index is 0.126. The third-order valence-electron chi connectivity index (χ3n) is 3.80. The fourth-order valence-corrected chi connectivity index (χ4v) is 2.92. The number of halogens is 2. The molecule has 13 heteroatoms. The van der Waals surface area contributed by atoms with Gasteiger partial charge in [0.2, 0.25) is 11.0 Å². The Morgan fingerprint density at radius 3 is 2.83 bits per heavy atom. The van der Waals surface area contributed by atoms with E-state index in [0.717, 1.165) is 22.6 Å². The first-order valence-corrected chi connectivity index (χ1v) is 9.31. The lowest BCUT2D eigenvalue weighted by Crippen LogP contribution is -2.04. The van der Waals surface area contributed by atoms with Crippen molar-refractivity contribution in [2.24, 2.45) is 5.10 Å². The maximum atomic E-state index is 13.1. The Morgan fingerprint density at radius 2 is 2.21 bits per heavy atom. The number of thioether (sulfide) groups is 1. The molecule has 2 aromatic heterocycles. The van der Waals surface area contributed by atoms with Gasteiger partial charge in [-0.25, -0.2) is 8.78 Å². The lowest BCUT2D eigenvalue weighted by molar-refractivity contribution is -0.385. The summed E-state index contributed by atoms with van der Waals surface area (Å²) < 4.78 is 33.9. The van der Waals surface area contributed by atoms with Crippen LogP contribution in [0.2, 0.25) is 0 Å². The van der Waals surface area contributed by atoms with Gasteiger partial charge in [0.1, 0.15) is 18.1 Å². The van der Waals surface area contributed by atoms with Gasteiger partial charge in [-0.15, -0.1) is 10.2 Å². The van der Waals surface area contributed by atoms with E-state index >= 15 is 0 Å². The number of rotatable bonds is 8. The molecule has 3 aromatic rings. The van der Waals surface area contributed by atoms with Crippen LogP contribution in [0.3, 0.4) is 0 Å². The smallest absolute Gasteiger partial charge is 0.307 e. The molecule has 0 aliphatic carbocycles. The third-order valence-corrected chi connectivity index (χ3v) is 4.42. The maximum absolute atomic E-state index is 13.1. The van der Waals surface area contributed by atoms with Gasteiger partial charge in [-0.1, -0.05) is 11.8 Å². The van der Waals surface area contributed by atoms with Crippen LogP contribution < -0.4 is 4.74 Å². The average molecular weight is 423 g/mol. The van der Waals surface area contributed by atoms with Gasteiger partial charge in [0.15, 0.2) is 0 Å². The van der Waals surface area contributed by atoms with Crippen molar-refractivity contribution in [2.45, 2.75) is 18.1 Å². The Hall–Kier alpha value is -3.35. The summed E-state index contributed by atoms with van der Waals surface area (Å²) in [6.45, 7) is 0.212. The van der Waals surface area contributed by atoms with Crippen LogP contribution in [0.5, 0.6) is 5.75 Å². The summed E-state index contributed by atoms with van der Waals surface area (Å²) in [6, 6.07) is 5.10. The van der Waals surface area contributed by atoms with E-state index in [1.54, 1.807) is 24.5 Å². The first-order chi connectivity index (χ1) is 13.9. The number of hydrogen-bond donors (Lipinski definition) is 0. The summed E-state index contributed by atoms with van der Waals surface area (Å²) in [4.78, 5) is 10.3. The molecule has 0 saturated carbocycles. The molecule has 0 N–H and O–H groups in total. The largest absolute Gasteiger partial charge is 0.496 e.